The lowest BCUT2D eigenvalue weighted by molar-refractivity contribution is -0.140. The molecule has 28 heavy (non-hydrogen) atoms. The van der Waals surface area contributed by atoms with Gasteiger partial charge in [-0.05, 0) is 29.3 Å². The van der Waals surface area contributed by atoms with Crippen LogP contribution in [0.3, 0.4) is 0 Å². The van der Waals surface area contributed by atoms with E-state index in [9.17, 15) is 9.59 Å². The number of hydrogen-bond donors (Lipinski definition) is 0. The quantitative estimate of drug-likeness (QED) is 0.566. The molecule has 0 unspecified atom stereocenters. The smallest absolute Gasteiger partial charge is 0.307 e. The van der Waals surface area contributed by atoms with Crippen molar-refractivity contribution in [3.63, 3.8) is 0 Å². The van der Waals surface area contributed by atoms with Gasteiger partial charge in [-0.15, -0.1) is 0 Å². The number of amides is 1. The van der Waals surface area contributed by atoms with Gasteiger partial charge >= 0.3 is 5.97 Å². The number of carbonyl (C=O) groups excluding carboxylic acids is 2. The van der Waals surface area contributed by atoms with Gasteiger partial charge in [-0.2, -0.15) is 5.10 Å². The van der Waals surface area contributed by atoms with Crippen molar-refractivity contribution in [1.82, 2.24) is 14.7 Å². The molecule has 0 N–H and O–H groups in total. The van der Waals surface area contributed by atoms with E-state index >= 15 is 0 Å². The summed E-state index contributed by atoms with van der Waals surface area (Å²) in [5.41, 5.74) is 2.66. The summed E-state index contributed by atoms with van der Waals surface area (Å²) < 4.78 is 6.55. The molecule has 0 aliphatic carbocycles. The largest absolute Gasteiger partial charge is 0.469 e. The molecule has 144 valence electrons. The highest BCUT2D eigenvalue weighted by atomic mass is 16.5. The molecule has 1 heterocycles. The van der Waals surface area contributed by atoms with E-state index in [0.717, 1.165) is 11.1 Å². The Morgan fingerprint density at radius 3 is 2.39 bits per heavy atom. The number of carbonyl (C=O) groups is 2. The van der Waals surface area contributed by atoms with Gasteiger partial charge in [0.05, 0.1) is 20.1 Å². The molecule has 0 saturated heterocycles. The number of benzene rings is 2. The maximum absolute atomic E-state index is 13.0. The molecule has 1 amide bonds. The van der Waals surface area contributed by atoms with Gasteiger partial charge in [0.25, 0.3) is 5.91 Å². The lowest BCUT2D eigenvalue weighted by atomic mass is 10.1. The molecule has 6 heteroatoms. The molecular formula is C22H23N3O3. The molecule has 1 aromatic heterocycles. The molecule has 0 saturated carbocycles. The highest BCUT2D eigenvalue weighted by molar-refractivity contribution is 5.94. The monoisotopic (exact) mass is 377 g/mol. The van der Waals surface area contributed by atoms with Crippen molar-refractivity contribution in [3.05, 3.63) is 89.7 Å². The van der Waals surface area contributed by atoms with Gasteiger partial charge in [-0.1, -0.05) is 42.5 Å². The van der Waals surface area contributed by atoms with Gasteiger partial charge in [0, 0.05) is 31.0 Å². The van der Waals surface area contributed by atoms with E-state index in [2.05, 4.69) is 5.10 Å². The second-order valence-corrected chi connectivity index (χ2v) is 6.44. The van der Waals surface area contributed by atoms with Crippen LogP contribution in [0, 0.1) is 0 Å². The van der Waals surface area contributed by atoms with Crippen LogP contribution in [0.2, 0.25) is 0 Å². The van der Waals surface area contributed by atoms with Crippen LogP contribution >= 0.6 is 0 Å². The van der Waals surface area contributed by atoms with Crippen molar-refractivity contribution in [3.8, 4) is 0 Å². The zero-order chi connectivity index (χ0) is 19.8. The summed E-state index contributed by atoms with van der Waals surface area (Å²) in [5.74, 6) is -0.446. The summed E-state index contributed by atoms with van der Waals surface area (Å²) in [7, 11) is 1.35. The maximum Gasteiger partial charge on any atom is 0.307 e. The van der Waals surface area contributed by atoms with Crippen molar-refractivity contribution in [2.24, 2.45) is 0 Å². The molecule has 3 aromatic rings. The summed E-state index contributed by atoms with van der Waals surface area (Å²) in [6.07, 6.45) is 3.79. The summed E-state index contributed by atoms with van der Waals surface area (Å²) in [6.45, 7) is 1.39. The Morgan fingerprint density at radius 1 is 1.00 bits per heavy atom. The Hall–Kier alpha value is -3.41. The van der Waals surface area contributed by atoms with Crippen LogP contribution < -0.4 is 0 Å². The van der Waals surface area contributed by atoms with Crippen LogP contribution in [0.4, 0.5) is 0 Å². The number of methoxy groups -OCH3 is 1. The zero-order valence-corrected chi connectivity index (χ0v) is 15.8. The molecule has 0 spiro atoms. The van der Waals surface area contributed by atoms with E-state index in [4.69, 9.17) is 4.74 Å². The van der Waals surface area contributed by atoms with E-state index in [1.807, 2.05) is 71.5 Å². The van der Waals surface area contributed by atoms with E-state index in [-0.39, 0.29) is 18.3 Å². The lowest BCUT2D eigenvalue weighted by Gasteiger charge is -2.22. The average molecular weight is 377 g/mol. The van der Waals surface area contributed by atoms with Crippen LogP contribution in [0.15, 0.2) is 73.1 Å². The Balaban J connectivity index is 1.72. The van der Waals surface area contributed by atoms with Gasteiger partial charge in [0.1, 0.15) is 0 Å². The van der Waals surface area contributed by atoms with E-state index < -0.39 is 0 Å². The van der Waals surface area contributed by atoms with E-state index in [1.165, 1.54) is 7.11 Å². The number of hydrogen-bond acceptors (Lipinski definition) is 4. The maximum atomic E-state index is 13.0. The van der Waals surface area contributed by atoms with Gasteiger partial charge in [-0.3, -0.25) is 14.3 Å². The first-order valence-corrected chi connectivity index (χ1v) is 9.12. The molecule has 0 bridgehead atoms. The minimum absolute atomic E-state index is 0.113. The number of nitrogens with zero attached hydrogens (tertiary/aromatic N) is 3. The normalized spacial score (nSPS) is 10.5. The molecule has 3 rings (SSSR count). The highest BCUT2D eigenvalue weighted by Gasteiger charge is 2.17. The minimum Gasteiger partial charge on any atom is -0.469 e. The Bertz CT molecular complexity index is 891. The summed E-state index contributed by atoms with van der Waals surface area (Å²) in [4.78, 5) is 26.3. The van der Waals surface area contributed by atoms with Gasteiger partial charge < -0.3 is 9.64 Å². The fraction of sp³-hybridized carbons (Fsp3) is 0.227. The molecule has 0 aliphatic heterocycles. The Kier molecular flexibility index (Phi) is 6.57. The predicted molar refractivity (Wildman–Crippen MR) is 106 cm³/mol. The molecule has 0 fully saturated rings. The van der Waals surface area contributed by atoms with Crippen LogP contribution in [-0.2, 0) is 22.6 Å². The fourth-order valence-corrected chi connectivity index (χ4v) is 2.90. The van der Waals surface area contributed by atoms with Gasteiger partial charge in [-0.25, -0.2) is 0 Å². The molecule has 0 aliphatic rings. The molecule has 0 atom stereocenters. The number of rotatable bonds is 8. The van der Waals surface area contributed by atoms with Crippen LogP contribution in [0.5, 0.6) is 0 Å². The predicted octanol–water partition coefficient (Wildman–Crippen LogP) is 3.14. The van der Waals surface area contributed by atoms with Crippen LogP contribution in [0.25, 0.3) is 0 Å². The van der Waals surface area contributed by atoms with Crippen molar-refractivity contribution in [2.75, 3.05) is 13.7 Å². The zero-order valence-electron chi connectivity index (χ0n) is 15.8. The second-order valence-electron chi connectivity index (χ2n) is 6.44. The Morgan fingerprint density at radius 2 is 1.75 bits per heavy atom. The van der Waals surface area contributed by atoms with Crippen molar-refractivity contribution >= 4 is 11.9 Å². The number of aromatic nitrogens is 2. The third kappa shape index (κ3) is 5.30. The van der Waals surface area contributed by atoms with E-state index in [1.54, 1.807) is 11.1 Å². The van der Waals surface area contributed by atoms with E-state index in [0.29, 0.717) is 25.2 Å². The van der Waals surface area contributed by atoms with Crippen LogP contribution in [0.1, 0.15) is 27.9 Å². The Labute approximate surface area is 164 Å². The minimum atomic E-state index is -0.333. The number of esters is 1. The fourth-order valence-electron chi connectivity index (χ4n) is 2.90. The first-order valence-electron chi connectivity index (χ1n) is 9.12. The van der Waals surface area contributed by atoms with Crippen LogP contribution in [-0.4, -0.2) is 40.2 Å². The third-order valence-corrected chi connectivity index (χ3v) is 4.42. The summed E-state index contributed by atoms with van der Waals surface area (Å²) in [6, 6.07) is 19.1. The molecule has 2 aromatic carbocycles. The SMILES string of the molecule is COC(=O)CCN(Cc1ccccc1)C(=O)c1ccc(Cn2cccn2)cc1. The average Bonchev–Trinajstić information content (AvgIpc) is 3.24. The van der Waals surface area contributed by atoms with Crippen molar-refractivity contribution in [2.45, 2.75) is 19.5 Å². The second kappa shape index (κ2) is 9.50. The summed E-state index contributed by atoms with van der Waals surface area (Å²) >= 11 is 0. The van der Waals surface area contributed by atoms with Gasteiger partial charge in [0.15, 0.2) is 0 Å². The number of ether oxygens (including phenoxy) is 1. The third-order valence-electron chi connectivity index (χ3n) is 4.42. The van der Waals surface area contributed by atoms with Crippen molar-refractivity contribution in [1.29, 1.82) is 0 Å². The first kappa shape index (κ1) is 19.4. The molecular weight excluding hydrogens is 354 g/mol. The lowest BCUT2D eigenvalue weighted by Crippen LogP contribution is -2.32. The standard InChI is InChI=1S/C22H23N3O3/c1-28-21(26)12-15-24(16-18-6-3-2-4-7-18)22(27)20-10-8-19(9-11-20)17-25-14-5-13-23-25/h2-11,13-14H,12,15-17H2,1H3. The molecule has 6 nitrogen and oxygen atoms in total. The topological polar surface area (TPSA) is 64.4 Å². The first-order chi connectivity index (χ1) is 13.7. The summed E-state index contributed by atoms with van der Waals surface area (Å²) in [5, 5.41) is 4.19. The highest BCUT2D eigenvalue weighted by Crippen LogP contribution is 2.13. The van der Waals surface area contributed by atoms with Gasteiger partial charge in [0.2, 0.25) is 0 Å². The van der Waals surface area contributed by atoms with Crippen molar-refractivity contribution < 1.29 is 14.3 Å². The molecule has 0 radical (unpaired) electrons.